The third-order valence-electron chi connectivity index (χ3n) is 4.98. The summed E-state index contributed by atoms with van der Waals surface area (Å²) in [6, 6.07) is 9.15. The molecule has 1 spiro atoms. The molecule has 0 aliphatic heterocycles. The molecular weight excluding hydrogens is 234 g/mol. The zero-order valence-electron chi connectivity index (χ0n) is 12.0. The number of nitrogens with one attached hydrogen (secondary N) is 1. The van der Waals surface area contributed by atoms with Crippen LogP contribution in [0.3, 0.4) is 0 Å². The third-order valence-corrected chi connectivity index (χ3v) is 4.98. The normalized spacial score (nSPS) is 29.0. The Balaban J connectivity index is 1.68. The van der Waals surface area contributed by atoms with Gasteiger partial charge in [0.2, 0.25) is 0 Å². The van der Waals surface area contributed by atoms with E-state index in [-0.39, 0.29) is 0 Å². The third kappa shape index (κ3) is 2.56. The zero-order valence-corrected chi connectivity index (χ0v) is 12.0. The van der Waals surface area contributed by atoms with Crippen molar-refractivity contribution in [3.63, 3.8) is 0 Å². The van der Waals surface area contributed by atoms with Crippen LogP contribution in [-0.4, -0.2) is 26.8 Å². The number of benzene rings is 1. The first-order chi connectivity index (χ1) is 9.37. The Kier molecular flexibility index (Phi) is 3.90. The number of methoxy groups -OCH3 is 1. The van der Waals surface area contributed by atoms with E-state index in [9.17, 15) is 0 Å². The van der Waals surface area contributed by atoms with E-state index in [0.29, 0.717) is 5.41 Å². The summed E-state index contributed by atoms with van der Waals surface area (Å²) in [5.74, 6) is 0.837. The van der Waals surface area contributed by atoms with Crippen LogP contribution in [0, 0.1) is 5.92 Å². The van der Waals surface area contributed by atoms with Crippen LogP contribution in [0.4, 0.5) is 0 Å². The van der Waals surface area contributed by atoms with Crippen LogP contribution in [0.2, 0.25) is 0 Å². The van der Waals surface area contributed by atoms with Gasteiger partial charge in [0.15, 0.2) is 0 Å². The van der Waals surface area contributed by atoms with Crippen molar-refractivity contribution in [2.45, 2.75) is 37.5 Å². The van der Waals surface area contributed by atoms with Crippen molar-refractivity contribution in [1.29, 1.82) is 0 Å². The highest BCUT2D eigenvalue weighted by Gasteiger charge is 2.55. The van der Waals surface area contributed by atoms with Gasteiger partial charge in [-0.2, -0.15) is 0 Å². The highest BCUT2D eigenvalue weighted by atomic mass is 16.5. The van der Waals surface area contributed by atoms with E-state index in [0.717, 1.165) is 25.6 Å². The average Bonchev–Trinajstić information content (AvgIpc) is 3.18. The SMILES string of the molecule is COCCNCC1CC12CCCCc1ccccc12. The lowest BCUT2D eigenvalue weighted by Crippen LogP contribution is -2.24. The summed E-state index contributed by atoms with van der Waals surface area (Å²) >= 11 is 0. The van der Waals surface area contributed by atoms with E-state index in [2.05, 4.69) is 29.6 Å². The van der Waals surface area contributed by atoms with Crippen LogP contribution >= 0.6 is 0 Å². The highest BCUT2D eigenvalue weighted by molar-refractivity contribution is 5.41. The summed E-state index contributed by atoms with van der Waals surface area (Å²) in [4.78, 5) is 0. The zero-order chi connectivity index (χ0) is 13.1. The number of ether oxygens (including phenoxy) is 1. The van der Waals surface area contributed by atoms with Gasteiger partial charge >= 0.3 is 0 Å². The molecule has 2 aliphatic carbocycles. The minimum Gasteiger partial charge on any atom is -0.383 e. The molecule has 2 atom stereocenters. The van der Waals surface area contributed by atoms with E-state index in [1.165, 1.54) is 32.1 Å². The molecule has 2 heteroatoms. The van der Waals surface area contributed by atoms with Gasteiger partial charge in [-0.05, 0) is 54.7 Å². The fourth-order valence-electron chi connectivity index (χ4n) is 3.85. The largest absolute Gasteiger partial charge is 0.383 e. The molecule has 0 radical (unpaired) electrons. The molecular formula is C17H25NO. The standard InChI is InChI=1S/C17H25NO/c1-19-11-10-18-13-15-12-17(15)9-5-4-7-14-6-2-3-8-16(14)17/h2-3,6,8,15,18H,4-5,7,9-13H2,1H3. The summed E-state index contributed by atoms with van der Waals surface area (Å²) in [5, 5.41) is 3.55. The molecule has 1 aromatic rings. The molecule has 1 N–H and O–H groups in total. The van der Waals surface area contributed by atoms with E-state index in [4.69, 9.17) is 4.74 Å². The van der Waals surface area contributed by atoms with Crippen molar-refractivity contribution in [2.24, 2.45) is 5.92 Å². The molecule has 0 heterocycles. The number of hydrogen-bond acceptors (Lipinski definition) is 2. The van der Waals surface area contributed by atoms with Crippen LogP contribution in [0.15, 0.2) is 24.3 Å². The lowest BCUT2D eigenvalue weighted by atomic mass is 9.87. The van der Waals surface area contributed by atoms with Gasteiger partial charge in [0, 0.05) is 13.7 Å². The molecule has 2 nitrogen and oxygen atoms in total. The number of rotatable bonds is 5. The van der Waals surface area contributed by atoms with Gasteiger partial charge in [0.1, 0.15) is 0 Å². The maximum atomic E-state index is 5.09. The fourth-order valence-corrected chi connectivity index (χ4v) is 3.85. The van der Waals surface area contributed by atoms with Crippen LogP contribution in [0.25, 0.3) is 0 Å². The Labute approximate surface area is 116 Å². The summed E-state index contributed by atoms with van der Waals surface area (Å²) in [5.41, 5.74) is 3.78. The molecule has 1 fully saturated rings. The monoisotopic (exact) mass is 259 g/mol. The predicted octanol–water partition coefficient (Wildman–Crippen LogP) is 2.91. The second-order valence-corrected chi connectivity index (χ2v) is 6.12. The van der Waals surface area contributed by atoms with Gasteiger partial charge in [0.25, 0.3) is 0 Å². The van der Waals surface area contributed by atoms with Crippen molar-refractivity contribution >= 4 is 0 Å². The maximum absolute atomic E-state index is 5.09. The lowest BCUT2D eigenvalue weighted by molar-refractivity contribution is 0.199. The van der Waals surface area contributed by atoms with Gasteiger partial charge < -0.3 is 10.1 Å². The maximum Gasteiger partial charge on any atom is 0.0587 e. The van der Waals surface area contributed by atoms with Crippen molar-refractivity contribution in [1.82, 2.24) is 5.32 Å². The quantitative estimate of drug-likeness (QED) is 0.821. The smallest absolute Gasteiger partial charge is 0.0587 e. The first-order valence-corrected chi connectivity index (χ1v) is 7.65. The van der Waals surface area contributed by atoms with E-state index < -0.39 is 0 Å². The van der Waals surface area contributed by atoms with Gasteiger partial charge in [-0.1, -0.05) is 30.7 Å². The molecule has 0 saturated heterocycles. The molecule has 19 heavy (non-hydrogen) atoms. The summed E-state index contributed by atoms with van der Waals surface area (Å²) in [7, 11) is 1.77. The van der Waals surface area contributed by atoms with Gasteiger partial charge in [-0.3, -0.25) is 0 Å². The molecule has 1 aromatic carbocycles. The Morgan fingerprint density at radius 2 is 2.21 bits per heavy atom. The molecule has 0 bridgehead atoms. The van der Waals surface area contributed by atoms with Crippen LogP contribution in [0.5, 0.6) is 0 Å². The first kappa shape index (κ1) is 13.1. The molecule has 3 rings (SSSR count). The number of aryl methyl sites for hydroxylation is 1. The Morgan fingerprint density at radius 3 is 3.11 bits per heavy atom. The predicted molar refractivity (Wildman–Crippen MR) is 78.5 cm³/mol. The highest BCUT2D eigenvalue weighted by Crippen LogP contribution is 2.59. The number of fused-ring (bicyclic) bond motifs is 2. The minimum atomic E-state index is 0.507. The average molecular weight is 259 g/mol. The summed E-state index contributed by atoms with van der Waals surface area (Å²) in [6.07, 6.45) is 6.80. The van der Waals surface area contributed by atoms with Crippen LogP contribution < -0.4 is 5.32 Å². The van der Waals surface area contributed by atoms with Crippen molar-refractivity contribution < 1.29 is 4.74 Å². The second-order valence-electron chi connectivity index (χ2n) is 6.12. The van der Waals surface area contributed by atoms with E-state index in [1.54, 1.807) is 18.2 Å². The van der Waals surface area contributed by atoms with Crippen molar-refractivity contribution in [3.8, 4) is 0 Å². The molecule has 0 amide bonds. The number of hydrogen-bond donors (Lipinski definition) is 1. The molecule has 2 aliphatic rings. The molecule has 104 valence electrons. The van der Waals surface area contributed by atoms with Gasteiger partial charge in [0.05, 0.1) is 6.61 Å². The second kappa shape index (κ2) is 5.64. The first-order valence-electron chi connectivity index (χ1n) is 7.65. The minimum absolute atomic E-state index is 0.507. The summed E-state index contributed by atoms with van der Waals surface area (Å²) < 4.78 is 5.09. The lowest BCUT2D eigenvalue weighted by Gasteiger charge is -2.18. The molecule has 0 aromatic heterocycles. The van der Waals surface area contributed by atoms with E-state index in [1.807, 2.05) is 0 Å². The Hall–Kier alpha value is -0.860. The Morgan fingerprint density at radius 1 is 1.32 bits per heavy atom. The molecule has 2 unspecified atom stereocenters. The fraction of sp³-hybridized carbons (Fsp3) is 0.647. The Bertz CT molecular complexity index is 431. The van der Waals surface area contributed by atoms with Gasteiger partial charge in [-0.15, -0.1) is 0 Å². The van der Waals surface area contributed by atoms with Crippen molar-refractivity contribution in [2.75, 3.05) is 26.8 Å². The van der Waals surface area contributed by atoms with Crippen LogP contribution in [-0.2, 0) is 16.6 Å². The van der Waals surface area contributed by atoms with Crippen molar-refractivity contribution in [3.05, 3.63) is 35.4 Å². The van der Waals surface area contributed by atoms with Gasteiger partial charge in [-0.25, -0.2) is 0 Å². The van der Waals surface area contributed by atoms with Crippen LogP contribution in [0.1, 0.15) is 36.8 Å². The topological polar surface area (TPSA) is 21.3 Å². The molecule has 1 saturated carbocycles. The summed E-state index contributed by atoms with van der Waals surface area (Å²) in [6.45, 7) is 2.94. The van der Waals surface area contributed by atoms with E-state index >= 15 is 0 Å².